The Labute approximate surface area is 129 Å². The minimum absolute atomic E-state index is 0.0215. The zero-order valence-corrected chi connectivity index (χ0v) is 13.9. The van der Waals surface area contributed by atoms with Crippen LogP contribution >= 0.6 is 27.5 Å². The maximum atomic E-state index is 6.23. The molecular weight excluding hydrogens is 326 g/mol. The topological polar surface area (TPSA) is 21.3 Å². The molecule has 0 bridgehead atoms. The van der Waals surface area contributed by atoms with Crippen molar-refractivity contribution in [3.05, 3.63) is 27.7 Å². The molecule has 0 radical (unpaired) electrons. The fourth-order valence-corrected chi connectivity index (χ4v) is 2.85. The number of ether oxygens (including phenoxy) is 1. The molecule has 2 rings (SSSR count). The predicted octanol–water partition coefficient (Wildman–Crippen LogP) is 4.79. The lowest BCUT2D eigenvalue weighted by molar-refractivity contribution is -0.0145. The van der Waals surface area contributed by atoms with Gasteiger partial charge >= 0.3 is 0 Å². The van der Waals surface area contributed by atoms with Crippen LogP contribution in [0.5, 0.6) is 5.75 Å². The van der Waals surface area contributed by atoms with Gasteiger partial charge in [0.1, 0.15) is 11.4 Å². The molecule has 0 amide bonds. The van der Waals surface area contributed by atoms with E-state index in [9.17, 15) is 0 Å². The summed E-state index contributed by atoms with van der Waals surface area (Å²) >= 11 is 9.67. The normalized spacial score (nSPS) is 17.3. The van der Waals surface area contributed by atoms with E-state index in [0.717, 1.165) is 36.0 Å². The van der Waals surface area contributed by atoms with Crippen molar-refractivity contribution >= 4 is 27.5 Å². The van der Waals surface area contributed by atoms with Crippen LogP contribution in [-0.4, -0.2) is 18.2 Å². The second-order valence-electron chi connectivity index (χ2n) is 5.57. The molecule has 1 fully saturated rings. The van der Waals surface area contributed by atoms with Crippen molar-refractivity contribution in [2.45, 2.75) is 51.2 Å². The first-order valence-corrected chi connectivity index (χ1v) is 8.05. The number of rotatable bonds is 6. The van der Waals surface area contributed by atoms with Gasteiger partial charge in [-0.05, 0) is 50.4 Å². The van der Waals surface area contributed by atoms with Crippen molar-refractivity contribution in [3.63, 3.8) is 0 Å². The fourth-order valence-electron chi connectivity index (χ4n) is 2.35. The molecule has 1 aliphatic carbocycles. The van der Waals surface area contributed by atoms with Crippen LogP contribution in [0, 0.1) is 0 Å². The SMILES string of the molecule is CC(C)NCCC1(Oc2cc(Br)ccc2Cl)CCC1. The van der Waals surface area contributed by atoms with Crippen LogP contribution in [0.1, 0.15) is 39.5 Å². The summed E-state index contributed by atoms with van der Waals surface area (Å²) in [6.45, 7) is 5.32. The Kier molecular flexibility index (Phi) is 5.15. The van der Waals surface area contributed by atoms with Crippen LogP contribution in [0.15, 0.2) is 22.7 Å². The van der Waals surface area contributed by atoms with Gasteiger partial charge in [-0.15, -0.1) is 0 Å². The molecule has 0 aliphatic heterocycles. The van der Waals surface area contributed by atoms with Gasteiger partial charge in [0.15, 0.2) is 0 Å². The average Bonchev–Trinajstić information content (AvgIpc) is 2.30. The zero-order valence-electron chi connectivity index (χ0n) is 11.5. The predicted molar refractivity (Wildman–Crippen MR) is 84.1 cm³/mol. The van der Waals surface area contributed by atoms with Crippen molar-refractivity contribution in [3.8, 4) is 5.75 Å². The Hall–Kier alpha value is -0.250. The second kappa shape index (κ2) is 6.47. The minimum Gasteiger partial charge on any atom is -0.486 e. The summed E-state index contributed by atoms with van der Waals surface area (Å²) in [5.41, 5.74) is -0.0215. The number of hydrogen-bond donors (Lipinski definition) is 1. The van der Waals surface area contributed by atoms with Crippen LogP contribution in [0.3, 0.4) is 0 Å². The van der Waals surface area contributed by atoms with Crippen molar-refractivity contribution in [2.24, 2.45) is 0 Å². The molecule has 1 aromatic carbocycles. The van der Waals surface area contributed by atoms with Gasteiger partial charge in [0, 0.05) is 10.5 Å². The molecule has 0 saturated heterocycles. The Morgan fingerprint density at radius 2 is 2.16 bits per heavy atom. The summed E-state index contributed by atoms with van der Waals surface area (Å²) < 4.78 is 7.23. The lowest BCUT2D eigenvalue weighted by atomic mass is 9.77. The monoisotopic (exact) mass is 345 g/mol. The highest BCUT2D eigenvalue weighted by Crippen LogP contribution is 2.41. The largest absolute Gasteiger partial charge is 0.486 e. The fraction of sp³-hybridized carbons (Fsp3) is 0.600. The van der Waals surface area contributed by atoms with E-state index in [2.05, 4.69) is 35.1 Å². The minimum atomic E-state index is -0.0215. The van der Waals surface area contributed by atoms with Crippen LogP contribution in [0.4, 0.5) is 0 Å². The Morgan fingerprint density at radius 1 is 1.42 bits per heavy atom. The number of halogens is 2. The van der Waals surface area contributed by atoms with Gasteiger partial charge in [0.25, 0.3) is 0 Å². The maximum absolute atomic E-state index is 6.23. The number of benzene rings is 1. The lowest BCUT2D eigenvalue weighted by Crippen LogP contribution is -2.46. The van der Waals surface area contributed by atoms with Gasteiger partial charge in [-0.1, -0.05) is 41.4 Å². The summed E-state index contributed by atoms with van der Waals surface area (Å²) in [6, 6.07) is 6.28. The van der Waals surface area contributed by atoms with E-state index in [1.165, 1.54) is 6.42 Å². The van der Waals surface area contributed by atoms with E-state index in [1.807, 2.05) is 18.2 Å². The quantitative estimate of drug-likeness (QED) is 0.799. The van der Waals surface area contributed by atoms with E-state index >= 15 is 0 Å². The molecule has 1 aromatic rings. The van der Waals surface area contributed by atoms with E-state index in [0.29, 0.717) is 11.1 Å². The standard InChI is InChI=1S/C15H21BrClNO/c1-11(2)18-9-8-15(6-3-7-15)19-14-10-12(16)4-5-13(14)17/h4-5,10-11,18H,3,6-9H2,1-2H3. The maximum Gasteiger partial charge on any atom is 0.139 e. The third-order valence-corrected chi connectivity index (χ3v) is 4.42. The molecule has 1 aliphatic rings. The molecular formula is C15H21BrClNO. The van der Waals surface area contributed by atoms with Gasteiger partial charge in [-0.2, -0.15) is 0 Å². The van der Waals surface area contributed by atoms with Crippen molar-refractivity contribution in [1.82, 2.24) is 5.32 Å². The smallest absolute Gasteiger partial charge is 0.139 e. The molecule has 0 unspecified atom stereocenters. The first-order chi connectivity index (χ1) is 9.01. The third kappa shape index (κ3) is 4.11. The summed E-state index contributed by atoms with van der Waals surface area (Å²) in [7, 11) is 0. The molecule has 1 N–H and O–H groups in total. The van der Waals surface area contributed by atoms with Crippen LogP contribution in [0.2, 0.25) is 5.02 Å². The van der Waals surface area contributed by atoms with E-state index < -0.39 is 0 Å². The highest BCUT2D eigenvalue weighted by atomic mass is 79.9. The van der Waals surface area contributed by atoms with Crippen molar-refractivity contribution in [1.29, 1.82) is 0 Å². The van der Waals surface area contributed by atoms with Crippen LogP contribution in [0.25, 0.3) is 0 Å². The molecule has 2 nitrogen and oxygen atoms in total. The van der Waals surface area contributed by atoms with Crippen molar-refractivity contribution in [2.75, 3.05) is 6.54 Å². The highest BCUT2D eigenvalue weighted by Gasteiger charge is 2.39. The molecule has 0 aromatic heterocycles. The summed E-state index contributed by atoms with van der Waals surface area (Å²) in [4.78, 5) is 0. The number of hydrogen-bond acceptors (Lipinski definition) is 2. The Morgan fingerprint density at radius 3 is 2.74 bits per heavy atom. The van der Waals surface area contributed by atoms with Gasteiger partial charge in [0.2, 0.25) is 0 Å². The highest BCUT2D eigenvalue weighted by molar-refractivity contribution is 9.10. The van der Waals surface area contributed by atoms with E-state index in [-0.39, 0.29) is 5.60 Å². The Bertz CT molecular complexity index is 432. The zero-order chi connectivity index (χ0) is 13.9. The second-order valence-corrected chi connectivity index (χ2v) is 6.90. The molecule has 4 heteroatoms. The van der Waals surface area contributed by atoms with E-state index in [4.69, 9.17) is 16.3 Å². The third-order valence-electron chi connectivity index (χ3n) is 3.62. The molecule has 106 valence electrons. The molecule has 0 atom stereocenters. The molecule has 0 heterocycles. The number of nitrogens with one attached hydrogen (secondary N) is 1. The van der Waals surface area contributed by atoms with Crippen LogP contribution in [-0.2, 0) is 0 Å². The van der Waals surface area contributed by atoms with Gasteiger partial charge in [-0.3, -0.25) is 0 Å². The molecule has 0 spiro atoms. The van der Waals surface area contributed by atoms with Gasteiger partial charge < -0.3 is 10.1 Å². The molecule has 1 saturated carbocycles. The lowest BCUT2D eigenvalue weighted by Gasteiger charge is -2.42. The first-order valence-electron chi connectivity index (χ1n) is 6.88. The van der Waals surface area contributed by atoms with E-state index in [1.54, 1.807) is 0 Å². The first kappa shape index (κ1) is 15.1. The summed E-state index contributed by atoms with van der Waals surface area (Å²) in [6.07, 6.45) is 4.52. The van der Waals surface area contributed by atoms with Crippen LogP contribution < -0.4 is 10.1 Å². The van der Waals surface area contributed by atoms with Gasteiger partial charge in [0.05, 0.1) is 5.02 Å². The summed E-state index contributed by atoms with van der Waals surface area (Å²) in [5, 5.41) is 4.15. The molecule has 19 heavy (non-hydrogen) atoms. The Balaban J connectivity index is 1.99. The van der Waals surface area contributed by atoms with Crippen molar-refractivity contribution < 1.29 is 4.74 Å². The average molecular weight is 347 g/mol. The van der Waals surface area contributed by atoms with Gasteiger partial charge in [-0.25, -0.2) is 0 Å². The summed E-state index contributed by atoms with van der Waals surface area (Å²) in [5.74, 6) is 0.792.